The Morgan fingerprint density at radius 1 is 1.45 bits per heavy atom. The molecule has 20 heavy (non-hydrogen) atoms. The van der Waals surface area contributed by atoms with Gasteiger partial charge in [-0.2, -0.15) is 5.10 Å². The third-order valence-electron chi connectivity index (χ3n) is 2.77. The number of non-ortho nitro benzene ring substituents is 1. The van der Waals surface area contributed by atoms with E-state index < -0.39 is 4.92 Å². The van der Waals surface area contributed by atoms with Crippen molar-refractivity contribution < 1.29 is 9.66 Å². The summed E-state index contributed by atoms with van der Waals surface area (Å²) in [7, 11) is 1.51. The van der Waals surface area contributed by atoms with Gasteiger partial charge in [0.05, 0.1) is 17.6 Å². The highest BCUT2D eigenvalue weighted by atomic mass is 16.6. The molecule has 0 bridgehead atoms. The van der Waals surface area contributed by atoms with E-state index in [9.17, 15) is 10.1 Å². The monoisotopic (exact) mass is 276 g/mol. The third-order valence-corrected chi connectivity index (χ3v) is 2.77. The van der Waals surface area contributed by atoms with Crippen molar-refractivity contribution >= 4 is 5.69 Å². The Kier molecular flexibility index (Phi) is 3.97. The van der Waals surface area contributed by atoms with Gasteiger partial charge in [-0.05, 0) is 12.0 Å². The van der Waals surface area contributed by atoms with E-state index >= 15 is 0 Å². The number of benzene rings is 1. The van der Waals surface area contributed by atoms with Crippen LogP contribution in [0.25, 0.3) is 11.4 Å². The first-order valence-electron chi connectivity index (χ1n) is 6.25. The van der Waals surface area contributed by atoms with Crippen LogP contribution >= 0.6 is 0 Å². The lowest BCUT2D eigenvalue weighted by Gasteiger charge is -2.04. The number of aromatic nitrogens is 3. The topological polar surface area (TPSA) is 93.9 Å². The van der Waals surface area contributed by atoms with Gasteiger partial charge in [0.15, 0.2) is 5.82 Å². The van der Waals surface area contributed by atoms with Crippen LogP contribution in [0.15, 0.2) is 18.2 Å². The summed E-state index contributed by atoms with van der Waals surface area (Å²) in [5.41, 5.74) is 0.490. The fourth-order valence-corrected chi connectivity index (χ4v) is 1.88. The second-order valence-corrected chi connectivity index (χ2v) is 4.85. The number of nitro benzene ring substituents is 1. The molecule has 0 fully saturated rings. The number of H-pyrrole nitrogens is 1. The van der Waals surface area contributed by atoms with Crippen molar-refractivity contribution in [3.05, 3.63) is 34.1 Å². The van der Waals surface area contributed by atoms with Gasteiger partial charge in [0.25, 0.3) is 5.69 Å². The Morgan fingerprint density at radius 2 is 2.20 bits per heavy atom. The van der Waals surface area contributed by atoms with Gasteiger partial charge in [0.2, 0.25) is 0 Å². The summed E-state index contributed by atoms with van der Waals surface area (Å²) in [6.45, 7) is 4.16. The van der Waals surface area contributed by atoms with Crippen LogP contribution in [-0.4, -0.2) is 27.2 Å². The van der Waals surface area contributed by atoms with E-state index in [0.717, 1.165) is 12.2 Å². The molecule has 0 aliphatic rings. The van der Waals surface area contributed by atoms with E-state index in [-0.39, 0.29) is 5.69 Å². The van der Waals surface area contributed by atoms with E-state index in [1.807, 2.05) is 0 Å². The van der Waals surface area contributed by atoms with E-state index in [1.54, 1.807) is 6.07 Å². The Morgan fingerprint density at radius 3 is 2.80 bits per heavy atom. The molecule has 7 heteroatoms. The van der Waals surface area contributed by atoms with Crippen molar-refractivity contribution in [3.8, 4) is 17.1 Å². The summed E-state index contributed by atoms with van der Waals surface area (Å²) in [6, 6.07) is 4.36. The second-order valence-electron chi connectivity index (χ2n) is 4.85. The van der Waals surface area contributed by atoms with Gasteiger partial charge in [-0.25, -0.2) is 4.98 Å². The summed E-state index contributed by atoms with van der Waals surface area (Å²) >= 11 is 0. The number of nitrogens with zero attached hydrogens (tertiary/aromatic N) is 3. The summed E-state index contributed by atoms with van der Waals surface area (Å²) in [5, 5.41) is 17.8. The van der Waals surface area contributed by atoms with Gasteiger partial charge < -0.3 is 4.74 Å². The molecule has 0 aliphatic carbocycles. The molecule has 0 aliphatic heterocycles. The number of nitrogens with one attached hydrogen (secondary N) is 1. The Hall–Kier alpha value is -2.44. The molecule has 0 saturated carbocycles. The smallest absolute Gasteiger partial charge is 0.270 e. The van der Waals surface area contributed by atoms with Gasteiger partial charge in [0, 0.05) is 18.6 Å². The molecule has 0 atom stereocenters. The van der Waals surface area contributed by atoms with Crippen molar-refractivity contribution in [1.82, 2.24) is 15.2 Å². The number of rotatable bonds is 5. The lowest BCUT2D eigenvalue weighted by Crippen LogP contribution is -1.96. The highest BCUT2D eigenvalue weighted by Gasteiger charge is 2.16. The quantitative estimate of drug-likeness (QED) is 0.669. The normalized spacial score (nSPS) is 10.8. The van der Waals surface area contributed by atoms with Crippen LogP contribution in [0.4, 0.5) is 5.69 Å². The Balaban J connectivity index is 2.42. The number of hydrogen-bond donors (Lipinski definition) is 1. The highest BCUT2D eigenvalue weighted by molar-refractivity contribution is 5.67. The molecule has 2 rings (SSSR count). The molecule has 1 aromatic carbocycles. The van der Waals surface area contributed by atoms with E-state index in [0.29, 0.717) is 23.1 Å². The SMILES string of the molecule is COc1ccc([N+](=O)[O-])cc1-c1n[nH]c(CC(C)C)n1. The van der Waals surface area contributed by atoms with Gasteiger partial charge in [-0.15, -0.1) is 0 Å². The van der Waals surface area contributed by atoms with Crippen LogP contribution < -0.4 is 4.74 Å². The summed E-state index contributed by atoms with van der Waals surface area (Å²) in [5.74, 6) is 2.11. The van der Waals surface area contributed by atoms with Crippen molar-refractivity contribution in [2.24, 2.45) is 5.92 Å². The van der Waals surface area contributed by atoms with Crippen LogP contribution in [0.1, 0.15) is 19.7 Å². The molecule has 0 spiro atoms. The van der Waals surface area contributed by atoms with E-state index in [2.05, 4.69) is 29.0 Å². The third kappa shape index (κ3) is 2.93. The first-order valence-corrected chi connectivity index (χ1v) is 6.25. The van der Waals surface area contributed by atoms with Gasteiger partial charge in [-0.3, -0.25) is 15.2 Å². The van der Waals surface area contributed by atoms with Crippen molar-refractivity contribution in [2.75, 3.05) is 7.11 Å². The summed E-state index contributed by atoms with van der Waals surface area (Å²) in [4.78, 5) is 14.8. The molecule has 2 aromatic rings. The number of aromatic amines is 1. The lowest BCUT2D eigenvalue weighted by atomic mass is 10.1. The first-order chi connectivity index (χ1) is 9.51. The molecule has 0 saturated heterocycles. The molecule has 106 valence electrons. The molecule has 0 radical (unpaired) electrons. The van der Waals surface area contributed by atoms with Gasteiger partial charge >= 0.3 is 0 Å². The molecule has 1 heterocycles. The molecule has 0 unspecified atom stereocenters. The van der Waals surface area contributed by atoms with Crippen LogP contribution in [-0.2, 0) is 6.42 Å². The number of hydrogen-bond acceptors (Lipinski definition) is 5. The lowest BCUT2D eigenvalue weighted by molar-refractivity contribution is -0.384. The fourth-order valence-electron chi connectivity index (χ4n) is 1.88. The van der Waals surface area contributed by atoms with Crippen molar-refractivity contribution in [2.45, 2.75) is 20.3 Å². The largest absolute Gasteiger partial charge is 0.496 e. The predicted molar refractivity (Wildman–Crippen MR) is 73.6 cm³/mol. The first kappa shape index (κ1) is 14.0. The molecular formula is C13H16N4O3. The maximum atomic E-state index is 10.9. The molecular weight excluding hydrogens is 260 g/mol. The maximum absolute atomic E-state index is 10.9. The van der Waals surface area contributed by atoms with Crippen LogP contribution in [0, 0.1) is 16.0 Å². The van der Waals surface area contributed by atoms with Crippen LogP contribution in [0.3, 0.4) is 0 Å². The average Bonchev–Trinajstić information content (AvgIpc) is 2.85. The van der Waals surface area contributed by atoms with Crippen molar-refractivity contribution in [3.63, 3.8) is 0 Å². The average molecular weight is 276 g/mol. The predicted octanol–water partition coefficient (Wildman–Crippen LogP) is 2.59. The zero-order valence-electron chi connectivity index (χ0n) is 11.6. The molecule has 1 N–H and O–H groups in total. The van der Waals surface area contributed by atoms with Gasteiger partial charge in [-0.1, -0.05) is 13.8 Å². The second kappa shape index (κ2) is 5.68. The Bertz CT molecular complexity index is 622. The molecule has 1 aromatic heterocycles. The van der Waals surface area contributed by atoms with E-state index in [4.69, 9.17) is 4.74 Å². The number of nitro groups is 1. The minimum Gasteiger partial charge on any atom is -0.496 e. The molecule has 0 amide bonds. The number of methoxy groups -OCH3 is 1. The summed E-state index contributed by atoms with van der Waals surface area (Å²) < 4.78 is 5.21. The fraction of sp³-hybridized carbons (Fsp3) is 0.385. The van der Waals surface area contributed by atoms with Crippen molar-refractivity contribution in [1.29, 1.82) is 0 Å². The zero-order chi connectivity index (χ0) is 14.7. The zero-order valence-corrected chi connectivity index (χ0v) is 11.6. The van der Waals surface area contributed by atoms with Crippen LogP contribution in [0.5, 0.6) is 5.75 Å². The number of ether oxygens (including phenoxy) is 1. The minimum atomic E-state index is -0.454. The van der Waals surface area contributed by atoms with Gasteiger partial charge in [0.1, 0.15) is 11.6 Å². The summed E-state index contributed by atoms with van der Waals surface area (Å²) in [6.07, 6.45) is 0.768. The highest BCUT2D eigenvalue weighted by Crippen LogP contribution is 2.31. The standard InChI is InChI=1S/C13H16N4O3/c1-8(2)6-12-14-13(16-15-12)10-7-9(17(18)19)4-5-11(10)20-3/h4-5,7-8H,6H2,1-3H3,(H,14,15,16). The minimum absolute atomic E-state index is 0.0176. The maximum Gasteiger partial charge on any atom is 0.270 e. The Labute approximate surface area is 116 Å². The van der Waals surface area contributed by atoms with E-state index in [1.165, 1.54) is 19.2 Å². The van der Waals surface area contributed by atoms with Crippen LogP contribution in [0.2, 0.25) is 0 Å². The molecule has 7 nitrogen and oxygen atoms in total.